The third kappa shape index (κ3) is 3.29. The molecule has 1 aromatic rings. The summed E-state index contributed by atoms with van der Waals surface area (Å²) in [6.45, 7) is 2.26. The Labute approximate surface area is 94.2 Å². The van der Waals surface area contributed by atoms with Crippen molar-refractivity contribution in [1.29, 1.82) is 0 Å². The summed E-state index contributed by atoms with van der Waals surface area (Å²) in [6, 6.07) is 5.41. The highest BCUT2D eigenvalue weighted by molar-refractivity contribution is 5.90. The Hall–Kier alpha value is -1.46. The van der Waals surface area contributed by atoms with E-state index in [9.17, 15) is 4.79 Å². The second kappa shape index (κ2) is 5.58. The van der Waals surface area contributed by atoms with Gasteiger partial charge in [0.2, 0.25) is 5.91 Å². The van der Waals surface area contributed by atoms with Crippen molar-refractivity contribution in [2.45, 2.75) is 12.5 Å². The average Bonchev–Trinajstić information content (AvgIpc) is 2.31. The molecule has 2 heterocycles. The standard InChI is InChI=1S/C11H15N3O2/c15-11(7-9-8-12-5-6-16-9)14-10-3-1-2-4-13-10/h1-4,9,12H,5-8H2,(H,13,14,15). The number of pyridine rings is 1. The summed E-state index contributed by atoms with van der Waals surface area (Å²) in [4.78, 5) is 15.6. The van der Waals surface area contributed by atoms with E-state index in [2.05, 4.69) is 15.6 Å². The molecule has 0 spiro atoms. The summed E-state index contributed by atoms with van der Waals surface area (Å²) in [7, 11) is 0. The number of hydrogen-bond acceptors (Lipinski definition) is 4. The van der Waals surface area contributed by atoms with E-state index in [1.54, 1.807) is 12.3 Å². The van der Waals surface area contributed by atoms with Crippen molar-refractivity contribution in [2.24, 2.45) is 0 Å². The summed E-state index contributed by atoms with van der Waals surface area (Å²) < 4.78 is 5.44. The number of hydrogen-bond donors (Lipinski definition) is 2. The molecule has 1 atom stereocenters. The first-order valence-electron chi connectivity index (χ1n) is 5.38. The summed E-state index contributed by atoms with van der Waals surface area (Å²) in [6.07, 6.45) is 1.98. The van der Waals surface area contributed by atoms with Crippen LogP contribution in [-0.4, -0.2) is 36.7 Å². The van der Waals surface area contributed by atoms with Gasteiger partial charge in [-0.25, -0.2) is 4.98 Å². The predicted octanol–water partition coefficient (Wildman–Crippen LogP) is 0.399. The second-order valence-electron chi connectivity index (χ2n) is 3.66. The molecule has 2 N–H and O–H groups in total. The first-order valence-corrected chi connectivity index (χ1v) is 5.38. The highest BCUT2D eigenvalue weighted by Gasteiger charge is 2.17. The maximum atomic E-state index is 11.6. The van der Waals surface area contributed by atoms with Crippen LogP contribution in [0.4, 0.5) is 5.82 Å². The Balaban J connectivity index is 1.80. The topological polar surface area (TPSA) is 63.2 Å². The van der Waals surface area contributed by atoms with Gasteiger partial charge in [0, 0.05) is 19.3 Å². The SMILES string of the molecule is O=C(CC1CNCCO1)Nc1ccccn1. The molecule has 16 heavy (non-hydrogen) atoms. The van der Waals surface area contributed by atoms with Crippen LogP contribution in [0.15, 0.2) is 24.4 Å². The zero-order chi connectivity index (χ0) is 11.2. The zero-order valence-electron chi connectivity index (χ0n) is 8.98. The van der Waals surface area contributed by atoms with Crippen molar-refractivity contribution in [3.8, 4) is 0 Å². The number of carbonyl (C=O) groups is 1. The molecular formula is C11H15N3O2. The predicted molar refractivity (Wildman–Crippen MR) is 60.1 cm³/mol. The van der Waals surface area contributed by atoms with Gasteiger partial charge in [0.15, 0.2) is 0 Å². The van der Waals surface area contributed by atoms with Crippen LogP contribution in [0.1, 0.15) is 6.42 Å². The van der Waals surface area contributed by atoms with E-state index in [0.29, 0.717) is 18.8 Å². The van der Waals surface area contributed by atoms with Crippen LogP contribution in [-0.2, 0) is 9.53 Å². The number of nitrogens with zero attached hydrogens (tertiary/aromatic N) is 1. The Morgan fingerprint density at radius 2 is 2.56 bits per heavy atom. The van der Waals surface area contributed by atoms with Crippen molar-refractivity contribution in [2.75, 3.05) is 25.0 Å². The lowest BCUT2D eigenvalue weighted by Crippen LogP contribution is -2.40. The van der Waals surface area contributed by atoms with Crippen LogP contribution >= 0.6 is 0 Å². The molecule has 5 heteroatoms. The molecule has 0 aromatic carbocycles. The number of carbonyl (C=O) groups excluding carboxylic acids is 1. The third-order valence-electron chi connectivity index (χ3n) is 2.35. The van der Waals surface area contributed by atoms with Gasteiger partial charge in [-0.15, -0.1) is 0 Å². The first-order chi connectivity index (χ1) is 7.84. The minimum atomic E-state index is -0.0626. The Kier molecular flexibility index (Phi) is 3.85. The van der Waals surface area contributed by atoms with Gasteiger partial charge in [0.05, 0.1) is 19.1 Å². The van der Waals surface area contributed by atoms with E-state index in [0.717, 1.165) is 13.1 Å². The molecule has 5 nitrogen and oxygen atoms in total. The van der Waals surface area contributed by atoms with E-state index in [1.807, 2.05) is 12.1 Å². The molecule has 0 bridgehead atoms. The van der Waals surface area contributed by atoms with Crippen LogP contribution in [0.5, 0.6) is 0 Å². The van der Waals surface area contributed by atoms with Gasteiger partial charge >= 0.3 is 0 Å². The molecule has 1 aliphatic heterocycles. The van der Waals surface area contributed by atoms with Crippen LogP contribution < -0.4 is 10.6 Å². The lowest BCUT2D eigenvalue weighted by molar-refractivity contribution is -0.119. The molecule has 1 aliphatic rings. The Bertz CT molecular complexity index is 336. The first kappa shape index (κ1) is 11.0. The van der Waals surface area contributed by atoms with Crippen molar-refractivity contribution in [3.63, 3.8) is 0 Å². The monoisotopic (exact) mass is 221 g/mol. The van der Waals surface area contributed by atoms with Gasteiger partial charge < -0.3 is 15.4 Å². The Morgan fingerprint density at radius 3 is 3.25 bits per heavy atom. The van der Waals surface area contributed by atoms with Gasteiger partial charge in [-0.2, -0.15) is 0 Å². The van der Waals surface area contributed by atoms with Gasteiger partial charge in [0.1, 0.15) is 5.82 Å². The van der Waals surface area contributed by atoms with E-state index < -0.39 is 0 Å². The molecule has 1 saturated heterocycles. The number of aromatic nitrogens is 1. The molecule has 1 fully saturated rings. The summed E-state index contributed by atoms with van der Waals surface area (Å²) in [5.41, 5.74) is 0. The number of anilines is 1. The fraction of sp³-hybridized carbons (Fsp3) is 0.455. The number of ether oxygens (including phenoxy) is 1. The van der Waals surface area contributed by atoms with Crippen molar-refractivity contribution >= 4 is 11.7 Å². The molecule has 2 rings (SSSR count). The van der Waals surface area contributed by atoms with E-state index in [4.69, 9.17) is 4.74 Å². The third-order valence-corrected chi connectivity index (χ3v) is 2.35. The minimum Gasteiger partial charge on any atom is -0.375 e. The lowest BCUT2D eigenvalue weighted by atomic mass is 10.2. The Morgan fingerprint density at radius 1 is 1.62 bits per heavy atom. The number of amides is 1. The van der Waals surface area contributed by atoms with Crippen molar-refractivity contribution in [1.82, 2.24) is 10.3 Å². The maximum absolute atomic E-state index is 11.6. The normalized spacial score (nSPS) is 20.4. The van der Waals surface area contributed by atoms with Crippen LogP contribution in [0.3, 0.4) is 0 Å². The molecule has 86 valence electrons. The smallest absolute Gasteiger partial charge is 0.228 e. The van der Waals surface area contributed by atoms with E-state index in [1.165, 1.54) is 0 Å². The molecule has 0 aliphatic carbocycles. The number of nitrogens with one attached hydrogen (secondary N) is 2. The summed E-state index contributed by atoms with van der Waals surface area (Å²) >= 11 is 0. The quantitative estimate of drug-likeness (QED) is 0.775. The highest BCUT2D eigenvalue weighted by Crippen LogP contribution is 2.05. The van der Waals surface area contributed by atoms with Crippen LogP contribution in [0.25, 0.3) is 0 Å². The zero-order valence-corrected chi connectivity index (χ0v) is 8.98. The summed E-state index contributed by atoms with van der Waals surface area (Å²) in [5.74, 6) is 0.517. The average molecular weight is 221 g/mol. The lowest BCUT2D eigenvalue weighted by Gasteiger charge is -2.22. The van der Waals surface area contributed by atoms with Crippen LogP contribution in [0.2, 0.25) is 0 Å². The number of rotatable bonds is 3. The fourth-order valence-electron chi connectivity index (χ4n) is 1.59. The molecule has 1 aromatic heterocycles. The van der Waals surface area contributed by atoms with Gasteiger partial charge in [-0.3, -0.25) is 4.79 Å². The molecular weight excluding hydrogens is 206 g/mol. The number of morpholine rings is 1. The van der Waals surface area contributed by atoms with E-state index >= 15 is 0 Å². The van der Waals surface area contributed by atoms with Crippen molar-refractivity contribution in [3.05, 3.63) is 24.4 Å². The van der Waals surface area contributed by atoms with Gasteiger partial charge in [-0.05, 0) is 12.1 Å². The largest absolute Gasteiger partial charge is 0.375 e. The maximum Gasteiger partial charge on any atom is 0.228 e. The highest BCUT2D eigenvalue weighted by atomic mass is 16.5. The van der Waals surface area contributed by atoms with Crippen LogP contribution in [0, 0.1) is 0 Å². The van der Waals surface area contributed by atoms with Gasteiger partial charge in [-0.1, -0.05) is 6.07 Å². The minimum absolute atomic E-state index is 0.0301. The van der Waals surface area contributed by atoms with E-state index in [-0.39, 0.29) is 12.0 Å². The molecule has 1 unspecified atom stereocenters. The van der Waals surface area contributed by atoms with Gasteiger partial charge in [0.25, 0.3) is 0 Å². The van der Waals surface area contributed by atoms with Crippen molar-refractivity contribution < 1.29 is 9.53 Å². The fourth-order valence-corrected chi connectivity index (χ4v) is 1.59. The summed E-state index contributed by atoms with van der Waals surface area (Å²) in [5, 5.41) is 5.91. The molecule has 0 saturated carbocycles. The second-order valence-corrected chi connectivity index (χ2v) is 3.66. The molecule has 1 amide bonds. The molecule has 0 radical (unpaired) electrons.